The van der Waals surface area contributed by atoms with E-state index >= 15 is 0 Å². The predicted molar refractivity (Wildman–Crippen MR) is 107 cm³/mol. The molecule has 0 bridgehead atoms. The van der Waals surface area contributed by atoms with Gasteiger partial charge in [0.1, 0.15) is 6.04 Å². The number of hydrogen-bond donors (Lipinski definition) is 3. The molecule has 0 aliphatic rings. The number of allylic oxidation sites excluding steroid dienone is 1. The number of hydrogen-bond acceptors (Lipinski definition) is 3. The Morgan fingerprint density at radius 3 is 1.81 bits per heavy atom. The van der Waals surface area contributed by atoms with Crippen LogP contribution in [0.1, 0.15) is 36.3 Å². The lowest BCUT2D eigenvalue weighted by Gasteiger charge is -2.17. The first kappa shape index (κ1) is 22.4. The van der Waals surface area contributed by atoms with Gasteiger partial charge in [-0.05, 0) is 24.0 Å². The molecular weight excluding hydrogens is 366 g/mol. The van der Waals surface area contributed by atoms with Crippen LogP contribution in [-0.2, 0) is 9.59 Å². The molecule has 5 nitrogen and oxygen atoms in total. The van der Waals surface area contributed by atoms with Crippen molar-refractivity contribution in [2.45, 2.75) is 31.2 Å². The smallest absolute Gasteiger partial charge is 0.331 e. The Morgan fingerprint density at radius 1 is 0.926 bits per heavy atom. The summed E-state index contributed by atoms with van der Waals surface area (Å²) in [6, 6.07) is 18.9. The van der Waals surface area contributed by atoms with E-state index in [0.29, 0.717) is 12.8 Å². The summed E-state index contributed by atoms with van der Waals surface area (Å²) in [5.41, 5.74) is 7.82. The molecule has 2 aromatic carbocycles. The zero-order valence-electron chi connectivity index (χ0n) is 14.8. The Bertz CT molecular complexity index is 723. The molecule has 2 rings (SSSR count). The number of halogens is 1. The normalized spacial score (nSPS) is 12.3. The fourth-order valence-electron chi connectivity index (χ4n) is 2.90. The van der Waals surface area contributed by atoms with Gasteiger partial charge in [-0.15, -0.1) is 12.4 Å². The van der Waals surface area contributed by atoms with Gasteiger partial charge in [0, 0.05) is 17.9 Å². The minimum atomic E-state index is -1.21. The molecule has 1 atom stereocenters. The highest BCUT2D eigenvalue weighted by atomic mass is 35.5. The third-order valence-electron chi connectivity index (χ3n) is 4.28. The van der Waals surface area contributed by atoms with Gasteiger partial charge in [0.25, 0.3) is 0 Å². The van der Waals surface area contributed by atoms with Crippen LogP contribution in [0.3, 0.4) is 0 Å². The lowest BCUT2D eigenvalue weighted by Crippen LogP contribution is -2.31. The molecule has 4 N–H and O–H groups in total. The lowest BCUT2D eigenvalue weighted by atomic mass is 9.87. The Kier molecular flexibility index (Phi) is 9.26. The van der Waals surface area contributed by atoms with Gasteiger partial charge in [-0.2, -0.15) is 0 Å². The Labute approximate surface area is 164 Å². The second-order valence-corrected chi connectivity index (χ2v) is 6.13. The molecule has 0 unspecified atom stereocenters. The molecule has 0 aliphatic heterocycles. The summed E-state index contributed by atoms with van der Waals surface area (Å²) in [6.07, 6.45) is 2.63. The van der Waals surface area contributed by atoms with Crippen LogP contribution in [0.25, 0.3) is 0 Å². The minimum Gasteiger partial charge on any atom is -0.480 e. The second kappa shape index (κ2) is 11.2. The van der Waals surface area contributed by atoms with Gasteiger partial charge in [-0.25, -0.2) is 4.79 Å². The maximum atomic E-state index is 11.4. The molecule has 0 aromatic heterocycles. The molecule has 0 fully saturated rings. The number of nitrogens with two attached hydrogens (primary N) is 1. The first-order valence-corrected chi connectivity index (χ1v) is 8.49. The van der Waals surface area contributed by atoms with Gasteiger partial charge in [0.05, 0.1) is 0 Å². The number of carboxylic acid groups (broad SMARTS) is 2. The maximum Gasteiger partial charge on any atom is 0.331 e. The third kappa shape index (κ3) is 6.89. The molecule has 0 aliphatic carbocycles. The molecule has 0 saturated carbocycles. The lowest BCUT2D eigenvalue weighted by molar-refractivity contribution is -0.138. The van der Waals surface area contributed by atoms with Crippen molar-refractivity contribution in [3.8, 4) is 0 Å². The molecule has 0 radical (unpaired) electrons. The second-order valence-electron chi connectivity index (χ2n) is 6.13. The summed E-state index contributed by atoms with van der Waals surface area (Å²) in [5.74, 6) is -2.20. The van der Waals surface area contributed by atoms with Gasteiger partial charge in [0.15, 0.2) is 0 Å². The van der Waals surface area contributed by atoms with Crippen molar-refractivity contribution >= 4 is 24.3 Å². The van der Waals surface area contributed by atoms with Crippen LogP contribution >= 0.6 is 12.4 Å². The van der Waals surface area contributed by atoms with Crippen LogP contribution in [0.5, 0.6) is 0 Å². The fourth-order valence-corrected chi connectivity index (χ4v) is 2.90. The first-order chi connectivity index (χ1) is 12.5. The van der Waals surface area contributed by atoms with Gasteiger partial charge < -0.3 is 15.9 Å². The average Bonchev–Trinajstić information content (AvgIpc) is 2.65. The minimum absolute atomic E-state index is 0. The van der Waals surface area contributed by atoms with Gasteiger partial charge in [-0.1, -0.05) is 66.7 Å². The summed E-state index contributed by atoms with van der Waals surface area (Å²) in [5, 5.41) is 18.2. The quantitative estimate of drug-likeness (QED) is 0.566. The topological polar surface area (TPSA) is 101 Å². The van der Waals surface area contributed by atoms with E-state index in [2.05, 4.69) is 24.3 Å². The van der Waals surface area contributed by atoms with Crippen molar-refractivity contribution in [1.29, 1.82) is 0 Å². The van der Waals surface area contributed by atoms with E-state index in [0.717, 1.165) is 11.1 Å². The van der Waals surface area contributed by atoms with Crippen molar-refractivity contribution in [2.75, 3.05) is 0 Å². The number of benzene rings is 2. The molecule has 6 heteroatoms. The molecule has 2 aromatic rings. The highest BCUT2D eigenvalue weighted by Gasteiger charge is 2.18. The van der Waals surface area contributed by atoms with E-state index in [1.807, 2.05) is 36.4 Å². The molecule has 144 valence electrons. The highest BCUT2D eigenvalue weighted by Crippen LogP contribution is 2.29. The summed E-state index contributed by atoms with van der Waals surface area (Å²) in [4.78, 5) is 22.2. The summed E-state index contributed by atoms with van der Waals surface area (Å²) in [6.45, 7) is 0. The van der Waals surface area contributed by atoms with Crippen molar-refractivity contribution in [3.63, 3.8) is 0 Å². The van der Waals surface area contributed by atoms with Crippen molar-refractivity contribution < 1.29 is 19.8 Å². The summed E-state index contributed by atoms with van der Waals surface area (Å²) < 4.78 is 0. The van der Waals surface area contributed by atoms with Crippen LogP contribution in [0.4, 0.5) is 0 Å². The molecule has 27 heavy (non-hydrogen) atoms. The van der Waals surface area contributed by atoms with Crippen LogP contribution in [0.15, 0.2) is 72.3 Å². The molecule has 0 saturated heterocycles. The number of carboxylic acids is 2. The van der Waals surface area contributed by atoms with E-state index < -0.39 is 18.0 Å². The molecule has 0 heterocycles. The molecule has 0 amide bonds. The zero-order valence-corrected chi connectivity index (χ0v) is 15.6. The number of aliphatic carboxylic acids is 2. The van der Waals surface area contributed by atoms with Crippen LogP contribution in [0.2, 0.25) is 0 Å². The van der Waals surface area contributed by atoms with Crippen molar-refractivity contribution in [2.24, 2.45) is 5.73 Å². The zero-order chi connectivity index (χ0) is 18.9. The Balaban J connectivity index is 0.00000364. The largest absolute Gasteiger partial charge is 0.480 e. The summed E-state index contributed by atoms with van der Waals surface area (Å²) >= 11 is 0. The van der Waals surface area contributed by atoms with Crippen LogP contribution < -0.4 is 5.73 Å². The van der Waals surface area contributed by atoms with E-state index in [-0.39, 0.29) is 30.3 Å². The SMILES string of the molecule is Cl.N[C@@H](C/C(=C/CCC(c1ccccc1)c1ccccc1)C(=O)O)C(=O)O. The Morgan fingerprint density at radius 2 is 1.41 bits per heavy atom. The van der Waals surface area contributed by atoms with E-state index in [9.17, 15) is 14.7 Å². The van der Waals surface area contributed by atoms with E-state index in [1.165, 1.54) is 0 Å². The maximum absolute atomic E-state index is 11.4. The van der Waals surface area contributed by atoms with Crippen LogP contribution in [0, 0.1) is 0 Å². The standard InChI is InChI=1S/C21H23NO4.ClH/c22-19(21(25)26)14-17(20(23)24)12-7-13-18(15-8-3-1-4-9-15)16-10-5-2-6-11-16;/h1-6,8-12,18-19H,7,13-14,22H2,(H,23,24)(H,25,26);1H/b17-12-;/t19-;/m0./s1. The highest BCUT2D eigenvalue weighted by molar-refractivity contribution is 5.88. The van der Waals surface area contributed by atoms with Gasteiger partial charge in [0.2, 0.25) is 0 Å². The average molecular weight is 390 g/mol. The van der Waals surface area contributed by atoms with E-state index in [1.54, 1.807) is 6.08 Å². The third-order valence-corrected chi connectivity index (χ3v) is 4.28. The van der Waals surface area contributed by atoms with Crippen LogP contribution in [-0.4, -0.2) is 28.2 Å². The van der Waals surface area contributed by atoms with E-state index in [4.69, 9.17) is 10.8 Å². The predicted octanol–water partition coefficient (Wildman–Crippen LogP) is 3.83. The fraction of sp³-hybridized carbons (Fsp3) is 0.238. The number of carbonyl (C=O) groups is 2. The summed E-state index contributed by atoms with van der Waals surface area (Å²) in [7, 11) is 0. The van der Waals surface area contributed by atoms with Gasteiger partial charge >= 0.3 is 11.9 Å². The Hall–Kier alpha value is -2.63. The van der Waals surface area contributed by atoms with Crippen molar-refractivity contribution in [3.05, 3.63) is 83.4 Å². The monoisotopic (exact) mass is 389 g/mol. The number of rotatable bonds is 9. The van der Waals surface area contributed by atoms with Gasteiger partial charge in [-0.3, -0.25) is 4.79 Å². The molecular formula is C21H24ClNO4. The first-order valence-electron chi connectivity index (χ1n) is 8.49. The van der Waals surface area contributed by atoms with Crippen molar-refractivity contribution in [1.82, 2.24) is 0 Å². The molecule has 0 spiro atoms.